The van der Waals surface area contributed by atoms with E-state index in [4.69, 9.17) is 0 Å². The Bertz CT molecular complexity index is 459. The molecule has 1 atom stereocenters. The summed E-state index contributed by atoms with van der Waals surface area (Å²) in [5, 5.41) is 0. The lowest BCUT2D eigenvalue weighted by molar-refractivity contribution is 0.547. The third kappa shape index (κ3) is 4.41. The van der Waals surface area contributed by atoms with Crippen LogP contribution in [0.25, 0.3) is 6.08 Å². The summed E-state index contributed by atoms with van der Waals surface area (Å²) >= 11 is 0. The molecule has 1 aromatic rings. The molecule has 2 heteroatoms. The summed E-state index contributed by atoms with van der Waals surface area (Å²) in [7, 11) is -0.992. The highest BCUT2D eigenvalue weighted by atomic mass is 32.2. The van der Waals surface area contributed by atoms with Crippen molar-refractivity contribution in [2.24, 2.45) is 5.41 Å². The predicted octanol–water partition coefficient (Wildman–Crippen LogP) is 4.65. The molecule has 0 aromatic heterocycles. The highest BCUT2D eigenvalue weighted by Gasteiger charge is 2.22. The van der Waals surface area contributed by atoms with Crippen molar-refractivity contribution in [1.82, 2.24) is 0 Å². The van der Waals surface area contributed by atoms with Crippen molar-refractivity contribution >= 4 is 16.9 Å². The van der Waals surface area contributed by atoms with Crippen LogP contribution in [0.1, 0.15) is 47.1 Å². The number of rotatable bonds is 2. The number of benzene rings is 1. The highest BCUT2D eigenvalue weighted by Crippen LogP contribution is 2.25. The van der Waals surface area contributed by atoms with Crippen LogP contribution < -0.4 is 0 Å². The monoisotopic (exact) mass is 264 g/mol. The number of allylic oxidation sites excluding steroid dienone is 1. The third-order valence-corrected chi connectivity index (χ3v) is 4.32. The number of hydrogen-bond donors (Lipinski definition) is 0. The Kier molecular flexibility index (Phi) is 4.55. The molecule has 0 amide bonds. The maximum atomic E-state index is 12.5. The van der Waals surface area contributed by atoms with Crippen molar-refractivity contribution in [3.05, 3.63) is 35.9 Å². The van der Waals surface area contributed by atoms with Crippen LogP contribution in [0, 0.1) is 5.41 Å². The van der Waals surface area contributed by atoms with E-state index >= 15 is 0 Å². The Morgan fingerprint density at radius 1 is 1.00 bits per heavy atom. The molecule has 0 unspecified atom stereocenters. The first kappa shape index (κ1) is 15.2. The zero-order valence-electron chi connectivity index (χ0n) is 12.3. The Morgan fingerprint density at radius 3 is 2.06 bits per heavy atom. The predicted molar refractivity (Wildman–Crippen MR) is 81.1 cm³/mol. The molecule has 0 fully saturated rings. The molecule has 0 heterocycles. The second-order valence-corrected chi connectivity index (χ2v) is 8.82. The van der Waals surface area contributed by atoms with Gasteiger partial charge in [0, 0.05) is 9.64 Å². The highest BCUT2D eigenvalue weighted by molar-refractivity contribution is 7.86. The van der Waals surface area contributed by atoms with E-state index in [1.807, 2.05) is 45.0 Å². The van der Waals surface area contributed by atoms with Crippen LogP contribution in [0.4, 0.5) is 0 Å². The van der Waals surface area contributed by atoms with Gasteiger partial charge < -0.3 is 0 Å². The van der Waals surface area contributed by atoms with Gasteiger partial charge in [0.25, 0.3) is 0 Å². The lowest BCUT2D eigenvalue weighted by Crippen LogP contribution is -2.22. The molecule has 100 valence electrons. The smallest absolute Gasteiger partial charge is 0.0589 e. The molecule has 0 saturated heterocycles. The van der Waals surface area contributed by atoms with Gasteiger partial charge in [-0.05, 0) is 37.8 Å². The van der Waals surface area contributed by atoms with E-state index in [0.717, 1.165) is 10.5 Å². The first-order valence-corrected chi connectivity index (χ1v) is 7.46. The zero-order chi connectivity index (χ0) is 14.0. The quantitative estimate of drug-likeness (QED) is 0.759. The van der Waals surface area contributed by atoms with E-state index in [9.17, 15) is 4.21 Å². The van der Waals surface area contributed by atoms with Gasteiger partial charge in [0.1, 0.15) is 0 Å². The van der Waals surface area contributed by atoms with Crippen molar-refractivity contribution < 1.29 is 4.21 Å². The molecular weight excluding hydrogens is 240 g/mol. The molecule has 0 N–H and O–H groups in total. The normalized spacial score (nSPS) is 15.0. The second kappa shape index (κ2) is 5.40. The van der Waals surface area contributed by atoms with Crippen molar-refractivity contribution in [3.63, 3.8) is 0 Å². The molecule has 0 aliphatic carbocycles. The van der Waals surface area contributed by atoms with Crippen molar-refractivity contribution in [2.75, 3.05) is 0 Å². The SMILES string of the molecule is CC(C)(C)/C=C/c1ccccc1[S@](=O)C(C)(C)C. The van der Waals surface area contributed by atoms with Gasteiger partial charge in [0.2, 0.25) is 0 Å². The van der Waals surface area contributed by atoms with Gasteiger partial charge in [0.15, 0.2) is 0 Å². The van der Waals surface area contributed by atoms with Crippen LogP contribution in [-0.4, -0.2) is 8.96 Å². The van der Waals surface area contributed by atoms with E-state index in [-0.39, 0.29) is 10.2 Å². The van der Waals surface area contributed by atoms with Gasteiger partial charge >= 0.3 is 0 Å². The maximum absolute atomic E-state index is 12.5. The van der Waals surface area contributed by atoms with Gasteiger partial charge in [0.05, 0.1) is 10.8 Å². The van der Waals surface area contributed by atoms with Gasteiger partial charge in [-0.2, -0.15) is 0 Å². The maximum Gasteiger partial charge on any atom is 0.0589 e. The Hall–Kier alpha value is -0.890. The summed E-state index contributed by atoms with van der Waals surface area (Å²) in [4.78, 5) is 0.922. The molecule has 0 radical (unpaired) electrons. The van der Waals surface area contributed by atoms with Crippen LogP contribution in [0.3, 0.4) is 0 Å². The average molecular weight is 264 g/mol. The molecular formula is C16H24OS. The first-order valence-electron chi connectivity index (χ1n) is 6.31. The average Bonchev–Trinajstić information content (AvgIpc) is 2.23. The van der Waals surface area contributed by atoms with Gasteiger partial charge in [-0.1, -0.05) is 51.1 Å². The van der Waals surface area contributed by atoms with E-state index in [2.05, 4.69) is 32.9 Å². The Balaban J connectivity index is 3.16. The van der Waals surface area contributed by atoms with E-state index < -0.39 is 10.8 Å². The summed E-state index contributed by atoms with van der Waals surface area (Å²) in [6.45, 7) is 12.5. The fraction of sp³-hybridized carbons (Fsp3) is 0.500. The lowest BCUT2D eigenvalue weighted by atomic mass is 9.95. The van der Waals surface area contributed by atoms with Crippen molar-refractivity contribution in [2.45, 2.75) is 51.2 Å². The molecule has 1 rings (SSSR count). The van der Waals surface area contributed by atoms with E-state index in [1.54, 1.807) is 0 Å². The zero-order valence-corrected chi connectivity index (χ0v) is 13.1. The summed E-state index contributed by atoms with van der Waals surface area (Å²) in [5.74, 6) is 0. The van der Waals surface area contributed by atoms with Crippen molar-refractivity contribution in [3.8, 4) is 0 Å². The molecule has 0 aliphatic heterocycles. The molecule has 0 spiro atoms. The molecule has 0 aliphatic rings. The molecule has 18 heavy (non-hydrogen) atoms. The standard InChI is InChI=1S/C16H24OS/c1-15(2,3)12-11-13-9-7-8-10-14(13)18(17)16(4,5)6/h7-12H,1-6H3/b12-11+/t18-/m0/s1. The van der Waals surface area contributed by atoms with E-state index in [1.165, 1.54) is 0 Å². The minimum atomic E-state index is -0.992. The third-order valence-electron chi connectivity index (χ3n) is 2.44. The minimum Gasteiger partial charge on any atom is -0.254 e. The number of hydrogen-bond acceptors (Lipinski definition) is 1. The molecule has 0 bridgehead atoms. The van der Waals surface area contributed by atoms with E-state index in [0.29, 0.717) is 0 Å². The van der Waals surface area contributed by atoms with Crippen molar-refractivity contribution in [1.29, 1.82) is 0 Å². The van der Waals surface area contributed by atoms with Crippen LogP contribution in [0.15, 0.2) is 35.2 Å². The molecule has 0 saturated carbocycles. The first-order chi connectivity index (χ1) is 8.11. The Labute approximate surface area is 114 Å². The van der Waals surface area contributed by atoms with Crippen LogP contribution in [0.5, 0.6) is 0 Å². The van der Waals surface area contributed by atoms with Gasteiger partial charge in [-0.25, -0.2) is 0 Å². The summed E-state index contributed by atoms with van der Waals surface area (Å²) in [6, 6.07) is 7.93. The largest absolute Gasteiger partial charge is 0.254 e. The molecule has 1 aromatic carbocycles. The Morgan fingerprint density at radius 2 is 1.56 bits per heavy atom. The van der Waals surface area contributed by atoms with Crippen LogP contribution >= 0.6 is 0 Å². The fourth-order valence-corrected chi connectivity index (χ4v) is 2.67. The topological polar surface area (TPSA) is 17.1 Å². The minimum absolute atomic E-state index is 0.135. The molecule has 1 nitrogen and oxygen atoms in total. The second-order valence-electron chi connectivity index (χ2n) is 6.62. The fourth-order valence-electron chi connectivity index (χ4n) is 1.46. The summed E-state index contributed by atoms with van der Waals surface area (Å²) < 4.78 is 12.3. The van der Waals surface area contributed by atoms with Crippen LogP contribution in [0.2, 0.25) is 0 Å². The van der Waals surface area contributed by atoms with Gasteiger partial charge in [-0.15, -0.1) is 0 Å². The van der Waals surface area contributed by atoms with Gasteiger partial charge in [-0.3, -0.25) is 4.21 Å². The summed E-state index contributed by atoms with van der Waals surface area (Å²) in [5.41, 5.74) is 1.19. The summed E-state index contributed by atoms with van der Waals surface area (Å²) in [6.07, 6.45) is 4.24. The lowest BCUT2D eigenvalue weighted by Gasteiger charge is -2.19. The van der Waals surface area contributed by atoms with Crippen LogP contribution in [-0.2, 0) is 10.8 Å².